The first-order chi connectivity index (χ1) is 15.7. The number of benzene rings is 3. The number of hydrogen-bond donors (Lipinski definition) is 4. The van der Waals surface area contributed by atoms with Crippen molar-refractivity contribution in [1.29, 1.82) is 0 Å². The average molecular weight is 471 g/mol. The van der Waals surface area contributed by atoms with Gasteiger partial charge in [-0.25, -0.2) is 8.42 Å². The SMILES string of the molecule is COc1ccc(NC(=O)C(=O)Nc2ccc(S(=O)(=O)Nc3ccc(OC)cc3)cc2O)cc1. The molecule has 3 aromatic rings. The Morgan fingerprint density at radius 1 is 0.758 bits per heavy atom. The summed E-state index contributed by atoms with van der Waals surface area (Å²) in [5, 5.41) is 14.8. The van der Waals surface area contributed by atoms with Gasteiger partial charge in [-0.2, -0.15) is 0 Å². The standard InChI is InChI=1S/C22H21N3O7S/c1-31-16-7-3-14(4-8-16)23-21(27)22(28)24-19-12-11-18(13-20(19)26)33(29,30)25-15-5-9-17(32-2)10-6-15/h3-13,25-26H,1-2H3,(H,23,27)(H,24,28). The minimum Gasteiger partial charge on any atom is -0.506 e. The van der Waals surface area contributed by atoms with Crippen molar-refractivity contribution in [2.45, 2.75) is 4.90 Å². The molecule has 0 aromatic heterocycles. The molecule has 0 saturated heterocycles. The van der Waals surface area contributed by atoms with Crippen LogP contribution in [0.2, 0.25) is 0 Å². The van der Waals surface area contributed by atoms with Crippen molar-refractivity contribution in [2.75, 3.05) is 29.6 Å². The van der Waals surface area contributed by atoms with E-state index in [4.69, 9.17) is 9.47 Å². The van der Waals surface area contributed by atoms with Gasteiger partial charge in [-0.1, -0.05) is 0 Å². The highest BCUT2D eigenvalue weighted by Crippen LogP contribution is 2.28. The predicted molar refractivity (Wildman–Crippen MR) is 122 cm³/mol. The monoisotopic (exact) mass is 471 g/mol. The molecule has 4 N–H and O–H groups in total. The second-order valence-corrected chi connectivity index (χ2v) is 8.33. The van der Waals surface area contributed by atoms with Gasteiger partial charge in [0.1, 0.15) is 17.2 Å². The van der Waals surface area contributed by atoms with Crippen molar-refractivity contribution in [1.82, 2.24) is 0 Å². The van der Waals surface area contributed by atoms with Gasteiger partial charge in [0.15, 0.2) is 0 Å². The van der Waals surface area contributed by atoms with E-state index in [1.165, 1.54) is 38.5 Å². The van der Waals surface area contributed by atoms with Crippen LogP contribution in [0, 0.1) is 0 Å². The van der Waals surface area contributed by atoms with Crippen molar-refractivity contribution in [3.8, 4) is 17.2 Å². The number of rotatable bonds is 7. The second-order valence-electron chi connectivity index (χ2n) is 6.65. The lowest BCUT2D eigenvalue weighted by Crippen LogP contribution is -2.29. The van der Waals surface area contributed by atoms with E-state index in [-0.39, 0.29) is 10.6 Å². The molecule has 3 aromatic carbocycles. The Morgan fingerprint density at radius 2 is 1.27 bits per heavy atom. The summed E-state index contributed by atoms with van der Waals surface area (Å²) in [6.45, 7) is 0. The van der Waals surface area contributed by atoms with E-state index in [1.807, 2.05) is 0 Å². The van der Waals surface area contributed by atoms with Gasteiger partial charge >= 0.3 is 11.8 Å². The van der Waals surface area contributed by atoms with E-state index in [9.17, 15) is 23.1 Å². The van der Waals surface area contributed by atoms with Gasteiger partial charge in [0, 0.05) is 17.4 Å². The Balaban J connectivity index is 1.67. The zero-order valence-electron chi connectivity index (χ0n) is 17.7. The summed E-state index contributed by atoms with van der Waals surface area (Å²) in [5.74, 6) is -1.41. The van der Waals surface area contributed by atoms with Crippen LogP contribution in [-0.4, -0.2) is 39.6 Å². The van der Waals surface area contributed by atoms with Crippen LogP contribution in [0.25, 0.3) is 0 Å². The van der Waals surface area contributed by atoms with Crippen molar-refractivity contribution in [2.24, 2.45) is 0 Å². The number of aromatic hydroxyl groups is 1. The maximum atomic E-state index is 12.6. The van der Waals surface area contributed by atoms with E-state index in [1.54, 1.807) is 36.4 Å². The summed E-state index contributed by atoms with van der Waals surface area (Å²) in [4.78, 5) is 24.0. The molecule has 0 aliphatic heterocycles. The quantitative estimate of drug-likeness (QED) is 0.306. The lowest BCUT2D eigenvalue weighted by atomic mass is 10.3. The summed E-state index contributed by atoms with van der Waals surface area (Å²) >= 11 is 0. The number of carbonyl (C=O) groups excluding carboxylic acids is 2. The third-order valence-corrected chi connectivity index (χ3v) is 5.80. The topological polar surface area (TPSA) is 143 Å². The van der Waals surface area contributed by atoms with Gasteiger partial charge in [-0.15, -0.1) is 0 Å². The third-order valence-electron chi connectivity index (χ3n) is 4.42. The van der Waals surface area contributed by atoms with Gasteiger partial charge in [-0.05, 0) is 60.7 Å². The fourth-order valence-corrected chi connectivity index (χ4v) is 3.78. The molecule has 33 heavy (non-hydrogen) atoms. The summed E-state index contributed by atoms with van der Waals surface area (Å²) in [6.07, 6.45) is 0. The van der Waals surface area contributed by atoms with Gasteiger partial charge in [-0.3, -0.25) is 14.3 Å². The highest BCUT2D eigenvalue weighted by molar-refractivity contribution is 7.92. The largest absolute Gasteiger partial charge is 0.506 e. The van der Waals surface area contributed by atoms with Gasteiger partial charge in [0.25, 0.3) is 10.0 Å². The molecule has 2 amide bonds. The number of methoxy groups -OCH3 is 2. The van der Waals surface area contributed by atoms with Gasteiger partial charge in [0.2, 0.25) is 0 Å². The number of carbonyl (C=O) groups is 2. The van der Waals surface area contributed by atoms with Crippen LogP contribution in [0.1, 0.15) is 0 Å². The molecule has 11 heteroatoms. The Kier molecular flexibility index (Phi) is 7.04. The number of ether oxygens (including phenoxy) is 2. The molecule has 0 heterocycles. The van der Waals surface area contributed by atoms with Crippen LogP contribution in [0.4, 0.5) is 17.1 Å². The molecule has 0 fully saturated rings. The average Bonchev–Trinajstić information content (AvgIpc) is 2.81. The molecule has 0 atom stereocenters. The molecule has 3 rings (SSSR count). The molecule has 0 unspecified atom stereocenters. The number of sulfonamides is 1. The van der Waals surface area contributed by atoms with Crippen LogP contribution in [0.15, 0.2) is 71.6 Å². The lowest BCUT2D eigenvalue weighted by molar-refractivity contribution is -0.133. The summed E-state index contributed by atoms with van der Waals surface area (Å²) < 4.78 is 37.6. The highest BCUT2D eigenvalue weighted by Gasteiger charge is 2.19. The zero-order chi connectivity index (χ0) is 24.0. The first-order valence-corrected chi connectivity index (χ1v) is 11.0. The molecule has 10 nitrogen and oxygen atoms in total. The van der Waals surface area contributed by atoms with Crippen LogP contribution in [0.3, 0.4) is 0 Å². The zero-order valence-corrected chi connectivity index (χ0v) is 18.5. The second kappa shape index (κ2) is 9.92. The number of nitrogens with one attached hydrogen (secondary N) is 3. The number of phenols is 1. The number of anilines is 3. The smallest absolute Gasteiger partial charge is 0.314 e. The van der Waals surface area contributed by atoms with Crippen LogP contribution < -0.4 is 24.8 Å². The summed E-state index contributed by atoms with van der Waals surface area (Å²) in [7, 11) is -1.03. The molecule has 0 spiro atoms. The lowest BCUT2D eigenvalue weighted by Gasteiger charge is -2.12. The maximum Gasteiger partial charge on any atom is 0.314 e. The molecular weight excluding hydrogens is 450 g/mol. The first-order valence-electron chi connectivity index (χ1n) is 9.48. The Hall–Kier alpha value is -4.25. The van der Waals surface area contributed by atoms with Gasteiger partial charge < -0.3 is 25.2 Å². The molecule has 0 aliphatic rings. The Morgan fingerprint density at radius 3 is 1.79 bits per heavy atom. The maximum absolute atomic E-state index is 12.6. The van der Waals surface area contributed by atoms with Crippen molar-refractivity contribution in [3.63, 3.8) is 0 Å². The molecule has 0 bridgehead atoms. The van der Waals surface area contributed by atoms with E-state index >= 15 is 0 Å². The normalized spacial score (nSPS) is 10.7. The Labute approximate surface area is 190 Å². The van der Waals surface area contributed by atoms with Gasteiger partial charge in [0.05, 0.1) is 24.8 Å². The molecule has 0 saturated carbocycles. The van der Waals surface area contributed by atoms with Crippen molar-refractivity contribution in [3.05, 3.63) is 66.7 Å². The minimum atomic E-state index is -4.02. The van der Waals surface area contributed by atoms with Crippen LogP contribution in [-0.2, 0) is 19.6 Å². The fourth-order valence-electron chi connectivity index (χ4n) is 2.70. The van der Waals surface area contributed by atoms with E-state index < -0.39 is 27.6 Å². The molecule has 0 aliphatic carbocycles. The number of hydrogen-bond acceptors (Lipinski definition) is 7. The van der Waals surface area contributed by atoms with Crippen molar-refractivity contribution < 1.29 is 32.6 Å². The van der Waals surface area contributed by atoms with Crippen LogP contribution >= 0.6 is 0 Å². The predicted octanol–water partition coefficient (Wildman–Crippen LogP) is 2.79. The Bertz CT molecular complexity index is 1260. The fraction of sp³-hybridized carbons (Fsp3) is 0.0909. The highest BCUT2D eigenvalue weighted by atomic mass is 32.2. The van der Waals surface area contributed by atoms with Crippen molar-refractivity contribution >= 4 is 38.9 Å². The summed E-state index contributed by atoms with van der Waals surface area (Å²) in [6, 6.07) is 15.9. The van der Waals surface area contributed by atoms with E-state index in [0.29, 0.717) is 22.9 Å². The first kappa shape index (κ1) is 23.4. The number of phenolic OH excluding ortho intramolecular Hbond substituents is 1. The minimum absolute atomic E-state index is 0.131. The molecule has 172 valence electrons. The van der Waals surface area contributed by atoms with E-state index in [2.05, 4.69) is 15.4 Å². The van der Waals surface area contributed by atoms with Crippen LogP contribution in [0.5, 0.6) is 17.2 Å². The molecule has 0 radical (unpaired) electrons. The third kappa shape index (κ3) is 5.92. The molecular formula is C22H21N3O7S. The van der Waals surface area contributed by atoms with E-state index in [0.717, 1.165) is 6.07 Å². The summed E-state index contributed by atoms with van der Waals surface area (Å²) in [5.41, 5.74) is 0.530. The number of amides is 2.